The number of fused-ring (bicyclic) bond motifs is 1. The standard InChI is InChI=1S/C22H30N2O/c1-3-5-6-19(4-2)21-11-20(25-24-21)15-23-22-12-16-7-8-17(13-22)10-18(9-16)14-22/h3-6,11,16-18,23H,1,7-10,12-15H2,2H3. The fourth-order valence-electron chi connectivity index (χ4n) is 5.72. The fraction of sp³-hybridized carbons (Fsp3) is 0.591. The van der Waals surface area contributed by atoms with Crippen LogP contribution >= 0.6 is 0 Å². The predicted octanol–water partition coefficient (Wildman–Crippen LogP) is 5.27. The van der Waals surface area contributed by atoms with E-state index in [9.17, 15) is 0 Å². The van der Waals surface area contributed by atoms with Crippen molar-refractivity contribution in [3.05, 3.63) is 48.4 Å². The van der Waals surface area contributed by atoms with E-state index in [1.54, 1.807) is 6.08 Å². The zero-order valence-electron chi connectivity index (χ0n) is 15.3. The molecule has 4 aliphatic carbocycles. The molecule has 25 heavy (non-hydrogen) atoms. The van der Waals surface area contributed by atoms with Gasteiger partial charge < -0.3 is 9.84 Å². The number of nitrogens with zero attached hydrogens (tertiary/aromatic N) is 1. The lowest BCUT2D eigenvalue weighted by Gasteiger charge is -2.49. The maximum Gasteiger partial charge on any atom is 0.151 e. The summed E-state index contributed by atoms with van der Waals surface area (Å²) in [5, 5.41) is 8.16. The smallest absolute Gasteiger partial charge is 0.151 e. The van der Waals surface area contributed by atoms with Crippen LogP contribution in [0.2, 0.25) is 0 Å². The minimum atomic E-state index is 0.353. The highest BCUT2D eigenvalue weighted by Crippen LogP contribution is 2.53. The highest BCUT2D eigenvalue weighted by atomic mass is 16.5. The van der Waals surface area contributed by atoms with E-state index in [0.717, 1.165) is 41.3 Å². The Morgan fingerprint density at radius 2 is 2.00 bits per heavy atom. The average Bonchev–Trinajstić information content (AvgIpc) is 2.97. The normalized spacial score (nSPS) is 34.6. The van der Waals surface area contributed by atoms with E-state index in [1.165, 1.54) is 44.9 Å². The third-order valence-electron chi connectivity index (χ3n) is 6.57. The highest BCUT2D eigenvalue weighted by molar-refractivity contribution is 5.71. The van der Waals surface area contributed by atoms with Crippen molar-refractivity contribution in [1.29, 1.82) is 0 Å². The summed E-state index contributed by atoms with van der Waals surface area (Å²) in [4.78, 5) is 0. The van der Waals surface area contributed by atoms with Crippen molar-refractivity contribution in [2.24, 2.45) is 17.8 Å². The van der Waals surface area contributed by atoms with Gasteiger partial charge in [0.15, 0.2) is 5.76 Å². The van der Waals surface area contributed by atoms with Crippen LogP contribution in [0.4, 0.5) is 0 Å². The molecule has 4 fully saturated rings. The Labute approximate surface area is 151 Å². The molecule has 0 aliphatic heterocycles. The van der Waals surface area contributed by atoms with E-state index >= 15 is 0 Å². The first-order chi connectivity index (χ1) is 12.2. The summed E-state index contributed by atoms with van der Waals surface area (Å²) >= 11 is 0. The Kier molecular flexibility index (Phi) is 4.68. The first kappa shape index (κ1) is 16.8. The van der Waals surface area contributed by atoms with Gasteiger partial charge >= 0.3 is 0 Å². The average molecular weight is 338 g/mol. The van der Waals surface area contributed by atoms with Crippen molar-refractivity contribution in [3.8, 4) is 0 Å². The first-order valence-corrected chi connectivity index (χ1v) is 9.86. The topological polar surface area (TPSA) is 38.1 Å². The molecule has 0 aromatic carbocycles. The Bertz CT molecular complexity index is 668. The summed E-state index contributed by atoms with van der Waals surface area (Å²) in [6, 6.07) is 2.07. The Morgan fingerprint density at radius 3 is 2.68 bits per heavy atom. The van der Waals surface area contributed by atoms with Crippen molar-refractivity contribution in [1.82, 2.24) is 10.5 Å². The van der Waals surface area contributed by atoms with E-state index in [2.05, 4.69) is 29.2 Å². The van der Waals surface area contributed by atoms with E-state index in [0.29, 0.717) is 5.54 Å². The van der Waals surface area contributed by atoms with Crippen LogP contribution in [0.3, 0.4) is 0 Å². The number of rotatable bonds is 6. The van der Waals surface area contributed by atoms with Gasteiger partial charge in [0.25, 0.3) is 0 Å². The Hall–Kier alpha value is -1.61. The monoisotopic (exact) mass is 338 g/mol. The van der Waals surface area contributed by atoms with Crippen LogP contribution in [0.1, 0.15) is 63.3 Å². The summed E-state index contributed by atoms with van der Waals surface area (Å²) in [5.41, 5.74) is 2.33. The molecule has 1 aromatic rings. The number of hydrogen-bond donors (Lipinski definition) is 1. The summed E-state index contributed by atoms with van der Waals surface area (Å²) < 4.78 is 5.61. The number of allylic oxidation sites excluding steroid dienone is 5. The zero-order valence-corrected chi connectivity index (χ0v) is 15.3. The molecule has 134 valence electrons. The molecule has 2 atom stereocenters. The van der Waals surface area contributed by atoms with E-state index < -0.39 is 0 Å². The van der Waals surface area contributed by atoms with Gasteiger partial charge in [-0.05, 0) is 62.4 Å². The second-order valence-corrected chi connectivity index (χ2v) is 8.41. The minimum Gasteiger partial charge on any atom is -0.359 e. The lowest BCUT2D eigenvalue weighted by molar-refractivity contribution is 0.0698. The number of aromatic nitrogens is 1. The number of nitrogens with one attached hydrogen (secondary N) is 1. The van der Waals surface area contributed by atoms with Crippen LogP contribution in [-0.2, 0) is 6.54 Å². The van der Waals surface area contributed by atoms with Gasteiger partial charge in [-0.2, -0.15) is 0 Å². The molecular formula is C22H30N2O. The van der Waals surface area contributed by atoms with Gasteiger partial charge in [-0.3, -0.25) is 0 Å². The maximum atomic E-state index is 5.61. The Morgan fingerprint density at radius 1 is 1.28 bits per heavy atom. The van der Waals surface area contributed by atoms with Gasteiger partial charge in [-0.15, -0.1) is 0 Å². The largest absolute Gasteiger partial charge is 0.359 e. The highest BCUT2D eigenvalue weighted by Gasteiger charge is 2.48. The lowest BCUT2D eigenvalue weighted by Crippen LogP contribution is -2.53. The molecule has 0 spiro atoms. The summed E-state index contributed by atoms with van der Waals surface area (Å²) in [6.45, 7) is 6.54. The molecule has 4 bridgehead atoms. The molecule has 0 amide bonds. The predicted molar refractivity (Wildman–Crippen MR) is 102 cm³/mol. The van der Waals surface area contributed by atoms with Crippen LogP contribution in [0, 0.1) is 17.8 Å². The van der Waals surface area contributed by atoms with Gasteiger partial charge in [-0.1, -0.05) is 48.9 Å². The van der Waals surface area contributed by atoms with Crippen molar-refractivity contribution in [3.63, 3.8) is 0 Å². The van der Waals surface area contributed by atoms with Crippen molar-refractivity contribution >= 4 is 5.57 Å². The molecule has 3 heteroatoms. The summed E-state index contributed by atoms with van der Waals surface area (Å²) in [5.74, 6) is 3.79. The second-order valence-electron chi connectivity index (χ2n) is 8.41. The van der Waals surface area contributed by atoms with Crippen molar-refractivity contribution in [2.75, 3.05) is 0 Å². The van der Waals surface area contributed by atoms with E-state index in [-0.39, 0.29) is 0 Å². The van der Waals surface area contributed by atoms with Crippen molar-refractivity contribution < 1.29 is 4.52 Å². The van der Waals surface area contributed by atoms with Crippen LogP contribution in [0.15, 0.2) is 41.5 Å². The zero-order chi connectivity index (χ0) is 17.3. The van der Waals surface area contributed by atoms with Gasteiger partial charge in [-0.25, -0.2) is 0 Å². The third-order valence-corrected chi connectivity index (χ3v) is 6.57. The quantitative estimate of drug-likeness (QED) is 0.718. The summed E-state index contributed by atoms with van der Waals surface area (Å²) in [7, 11) is 0. The molecule has 0 radical (unpaired) electrons. The van der Waals surface area contributed by atoms with Crippen LogP contribution in [-0.4, -0.2) is 10.7 Å². The molecule has 1 heterocycles. The maximum absolute atomic E-state index is 5.61. The van der Waals surface area contributed by atoms with Crippen molar-refractivity contribution in [2.45, 2.75) is 64.0 Å². The van der Waals surface area contributed by atoms with Crippen LogP contribution in [0.5, 0.6) is 0 Å². The lowest BCUT2D eigenvalue weighted by atomic mass is 9.63. The molecule has 0 saturated heterocycles. The molecule has 4 saturated carbocycles. The molecule has 5 rings (SSSR count). The van der Waals surface area contributed by atoms with Gasteiger partial charge in [0.2, 0.25) is 0 Å². The van der Waals surface area contributed by atoms with Gasteiger partial charge in [0.05, 0.1) is 6.54 Å². The molecule has 2 unspecified atom stereocenters. The Balaban J connectivity index is 1.44. The van der Waals surface area contributed by atoms with E-state index in [1.807, 2.05) is 19.1 Å². The first-order valence-electron chi connectivity index (χ1n) is 9.86. The third kappa shape index (κ3) is 3.52. The minimum absolute atomic E-state index is 0.353. The molecule has 1 aromatic heterocycles. The van der Waals surface area contributed by atoms with Gasteiger partial charge in [0, 0.05) is 11.6 Å². The molecule has 3 nitrogen and oxygen atoms in total. The fourth-order valence-corrected chi connectivity index (χ4v) is 5.72. The molecule has 1 N–H and O–H groups in total. The molecular weight excluding hydrogens is 308 g/mol. The van der Waals surface area contributed by atoms with Crippen LogP contribution < -0.4 is 5.32 Å². The van der Waals surface area contributed by atoms with E-state index in [4.69, 9.17) is 4.52 Å². The van der Waals surface area contributed by atoms with Crippen LogP contribution in [0.25, 0.3) is 5.57 Å². The SMILES string of the molecule is C=CC=CC(=CC)c1cc(CNC23CC4CCC(CC(C4)C2)C3)on1. The van der Waals surface area contributed by atoms with Gasteiger partial charge in [0.1, 0.15) is 5.69 Å². The summed E-state index contributed by atoms with van der Waals surface area (Å²) in [6.07, 6.45) is 17.7. The second kappa shape index (κ2) is 6.95. The number of hydrogen-bond acceptors (Lipinski definition) is 3. The molecule has 4 aliphatic rings.